The van der Waals surface area contributed by atoms with Crippen LogP contribution in [-0.4, -0.2) is 7.05 Å². The molecule has 0 radical (unpaired) electrons. The van der Waals surface area contributed by atoms with Gasteiger partial charge in [0.25, 0.3) is 0 Å². The van der Waals surface area contributed by atoms with Gasteiger partial charge in [0, 0.05) is 17.8 Å². The van der Waals surface area contributed by atoms with Crippen LogP contribution in [0.25, 0.3) is 10.8 Å². The van der Waals surface area contributed by atoms with Crippen molar-refractivity contribution in [1.29, 1.82) is 0 Å². The first-order chi connectivity index (χ1) is 11.2. The monoisotopic (exact) mass is 302 g/mol. The molecule has 0 aliphatic carbocycles. The van der Waals surface area contributed by atoms with Crippen LogP contribution >= 0.6 is 0 Å². The number of fused-ring (bicyclic) bond motifs is 1. The molecule has 0 aliphatic rings. The molecule has 0 spiro atoms. The molecule has 0 unspecified atom stereocenters. The molecule has 3 aromatic rings. The lowest BCUT2D eigenvalue weighted by Crippen LogP contribution is -1.78. The first kappa shape index (κ1) is 15.0. The van der Waals surface area contributed by atoms with Crippen LogP contribution in [0, 0.1) is 13.8 Å². The second-order valence-electron chi connectivity index (χ2n) is 5.49. The quantitative estimate of drug-likeness (QED) is 0.490. The zero-order chi connectivity index (χ0) is 16.2. The highest BCUT2D eigenvalue weighted by atomic mass is 15.1. The van der Waals surface area contributed by atoms with Crippen LogP contribution in [-0.2, 0) is 0 Å². The molecular weight excluding hydrogens is 284 g/mol. The van der Waals surface area contributed by atoms with Gasteiger partial charge in [-0.3, -0.25) is 0 Å². The van der Waals surface area contributed by atoms with Gasteiger partial charge in [-0.15, -0.1) is 5.11 Å². The lowest BCUT2D eigenvalue weighted by molar-refractivity contribution is 1.17. The van der Waals surface area contributed by atoms with Crippen LogP contribution in [0.4, 0.5) is 17.1 Å². The van der Waals surface area contributed by atoms with E-state index in [1.54, 1.807) is 7.05 Å². The molecule has 0 aliphatic heterocycles. The molecule has 0 atom stereocenters. The van der Waals surface area contributed by atoms with E-state index in [2.05, 4.69) is 45.6 Å². The van der Waals surface area contributed by atoms with E-state index in [4.69, 9.17) is 0 Å². The number of benzene rings is 3. The molecule has 4 nitrogen and oxygen atoms in total. The molecule has 0 heterocycles. The highest BCUT2D eigenvalue weighted by Crippen LogP contribution is 2.35. The molecule has 0 fully saturated rings. The Kier molecular flexibility index (Phi) is 4.24. The summed E-state index contributed by atoms with van der Waals surface area (Å²) in [5.41, 5.74) is 4.87. The van der Waals surface area contributed by atoms with Gasteiger partial charge in [-0.05, 0) is 49.7 Å². The fourth-order valence-corrected chi connectivity index (χ4v) is 2.51. The summed E-state index contributed by atoms with van der Waals surface area (Å²) in [6, 6.07) is 18.1. The molecule has 0 aromatic heterocycles. The number of hydrogen-bond acceptors (Lipinski definition) is 4. The molecule has 0 N–H and O–H groups in total. The molecule has 114 valence electrons. The van der Waals surface area contributed by atoms with Crippen LogP contribution in [0.1, 0.15) is 11.1 Å². The molecule has 3 rings (SSSR count). The van der Waals surface area contributed by atoms with E-state index < -0.39 is 0 Å². The maximum Gasteiger partial charge on any atom is 0.0937 e. The number of rotatable bonds is 3. The van der Waals surface area contributed by atoms with Gasteiger partial charge >= 0.3 is 0 Å². The fourth-order valence-electron chi connectivity index (χ4n) is 2.51. The summed E-state index contributed by atoms with van der Waals surface area (Å²) in [4.78, 5) is 0. The predicted octanol–water partition coefficient (Wildman–Crippen LogP) is 6.59. The molecular formula is C19H18N4. The third kappa shape index (κ3) is 3.31. The van der Waals surface area contributed by atoms with Gasteiger partial charge in [-0.2, -0.15) is 15.3 Å². The molecule has 0 saturated carbocycles. The van der Waals surface area contributed by atoms with E-state index in [0.29, 0.717) is 0 Å². The Balaban J connectivity index is 2.11. The summed E-state index contributed by atoms with van der Waals surface area (Å²) in [6.45, 7) is 4.11. The number of hydrogen-bond donors (Lipinski definition) is 0. The van der Waals surface area contributed by atoms with Crippen molar-refractivity contribution in [2.45, 2.75) is 13.8 Å². The van der Waals surface area contributed by atoms with Crippen molar-refractivity contribution in [3.8, 4) is 0 Å². The minimum absolute atomic E-state index is 0.834. The molecule has 23 heavy (non-hydrogen) atoms. The third-order valence-electron chi connectivity index (χ3n) is 3.61. The fraction of sp³-hybridized carbons (Fsp3) is 0.158. The van der Waals surface area contributed by atoms with Crippen molar-refractivity contribution in [1.82, 2.24) is 0 Å². The summed E-state index contributed by atoms with van der Waals surface area (Å²) in [5, 5.41) is 18.9. The lowest BCUT2D eigenvalue weighted by atomic mass is 10.0. The van der Waals surface area contributed by atoms with Gasteiger partial charge in [-0.1, -0.05) is 29.8 Å². The van der Waals surface area contributed by atoms with Crippen molar-refractivity contribution in [3.63, 3.8) is 0 Å². The van der Waals surface area contributed by atoms with E-state index in [-0.39, 0.29) is 0 Å². The standard InChI is InChI=1S/C19H18N4/c1-13-5-4-6-15(11-13)21-23-19-10-9-18(22-20-3)16-8-7-14(2)12-17(16)19/h4-12H,1-3H3. The van der Waals surface area contributed by atoms with Crippen molar-refractivity contribution >= 4 is 27.8 Å². The van der Waals surface area contributed by atoms with Crippen LogP contribution in [0.3, 0.4) is 0 Å². The Morgan fingerprint density at radius 2 is 1.39 bits per heavy atom. The van der Waals surface area contributed by atoms with Crippen molar-refractivity contribution in [3.05, 3.63) is 65.7 Å². The minimum atomic E-state index is 0.834. The van der Waals surface area contributed by atoms with Gasteiger partial charge in [0.05, 0.1) is 17.1 Å². The van der Waals surface area contributed by atoms with Crippen LogP contribution in [0.2, 0.25) is 0 Å². The second-order valence-corrected chi connectivity index (χ2v) is 5.49. The summed E-state index contributed by atoms with van der Waals surface area (Å²) >= 11 is 0. The first-order valence-corrected chi connectivity index (χ1v) is 7.49. The summed E-state index contributed by atoms with van der Waals surface area (Å²) in [5.74, 6) is 0. The molecule has 0 bridgehead atoms. The Morgan fingerprint density at radius 3 is 2.13 bits per heavy atom. The minimum Gasteiger partial charge on any atom is -0.192 e. The van der Waals surface area contributed by atoms with Crippen LogP contribution in [0.15, 0.2) is 75.1 Å². The Morgan fingerprint density at radius 1 is 0.652 bits per heavy atom. The number of aryl methyl sites for hydroxylation is 2. The molecule has 0 saturated heterocycles. The Labute approximate surface area is 135 Å². The molecule has 4 heteroatoms. The van der Waals surface area contributed by atoms with Gasteiger partial charge in [0.2, 0.25) is 0 Å². The average Bonchev–Trinajstić information content (AvgIpc) is 2.54. The van der Waals surface area contributed by atoms with E-state index in [1.807, 2.05) is 43.3 Å². The summed E-state index contributed by atoms with van der Waals surface area (Å²) in [6.07, 6.45) is 0. The summed E-state index contributed by atoms with van der Waals surface area (Å²) in [7, 11) is 1.67. The number of nitrogens with zero attached hydrogens (tertiary/aromatic N) is 4. The zero-order valence-electron chi connectivity index (χ0n) is 13.5. The molecule has 0 amide bonds. The normalized spacial score (nSPS) is 11.8. The highest BCUT2D eigenvalue weighted by Gasteiger charge is 2.06. The van der Waals surface area contributed by atoms with Crippen molar-refractivity contribution < 1.29 is 0 Å². The highest BCUT2D eigenvalue weighted by molar-refractivity contribution is 6.00. The predicted molar refractivity (Wildman–Crippen MR) is 94.5 cm³/mol. The average molecular weight is 302 g/mol. The Bertz CT molecular complexity index is 910. The smallest absolute Gasteiger partial charge is 0.0937 e. The van der Waals surface area contributed by atoms with Crippen LogP contribution < -0.4 is 0 Å². The third-order valence-corrected chi connectivity index (χ3v) is 3.61. The van der Waals surface area contributed by atoms with E-state index in [1.165, 1.54) is 11.1 Å². The first-order valence-electron chi connectivity index (χ1n) is 7.49. The van der Waals surface area contributed by atoms with Crippen molar-refractivity contribution in [2.75, 3.05) is 7.05 Å². The van der Waals surface area contributed by atoms with E-state index >= 15 is 0 Å². The molecule has 3 aromatic carbocycles. The van der Waals surface area contributed by atoms with Gasteiger partial charge in [0.15, 0.2) is 0 Å². The van der Waals surface area contributed by atoms with Crippen LogP contribution in [0.5, 0.6) is 0 Å². The largest absolute Gasteiger partial charge is 0.192 e. The second kappa shape index (κ2) is 6.48. The Hall–Kier alpha value is -2.88. The maximum atomic E-state index is 4.44. The number of azo groups is 2. The topological polar surface area (TPSA) is 49.4 Å². The van der Waals surface area contributed by atoms with Gasteiger partial charge in [-0.25, -0.2) is 0 Å². The van der Waals surface area contributed by atoms with Gasteiger partial charge in [0.1, 0.15) is 0 Å². The summed E-state index contributed by atoms with van der Waals surface area (Å²) < 4.78 is 0. The lowest BCUT2D eigenvalue weighted by Gasteiger charge is -2.05. The van der Waals surface area contributed by atoms with Crippen molar-refractivity contribution in [2.24, 2.45) is 20.5 Å². The van der Waals surface area contributed by atoms with E-state index in [9.17, 15) is 0 Å². The van der Waals surface area contributed by atoms with E-state index in [0.717, 1.165) is 27.8 Å². The SMILES string of the molecule is CN=Nc1ccc(N=Nc2cccc(C)c2)c2cc(C)ccc12. The zero-order valence-corrected chi connectivity index (χ0v) is 13.5. The maximum absolute atomic E-state index is 4.44. The van der Waals surface area contributed by atoms with Gasteiger partial charge < -0.3 is 0 Å².